The highest BCUT2D eigenvalue weighted by molar-refractivity contribution is 5.01. The second-order valence-corrected chi connectivity index (χ2v) is 7.85. The summed E-state index contributed by atoms with van der Waals surface area (Å²) in [6, 6.07) is 0. The highest BCUT2D eigenvalue weighted by Gasteiger charge is 2.59. The minimum atomic E-state index is -0.742. The molecule has 0 radical (unpaired) electrons. The number of ether oxygens (including phenoxy) is 6. The lowest BCUT2D eigenvalue weighted by molar-refractivity contribution is -0.212. The van der Waals surface area contributed by atoms with Crippen molar-refractivity contribution in [2.24, 2.45) is 0 Å². The number of hydrogen-bond donors (Lipinski definition) is 3. The molecule has 4 aliphatic rings. The first-order valence-corrected chi connectivity index (χ1v) is 8.73. The average Bonchev–Trinajstić information content (AvgIpc) is 3.18. The van der Waals surface area contributed by atoms with E-state index in [1.807, 2.05) is 27.7 Å². The van der Waals surface area contributed by atoms with Gasteiger partial charge >= 0.3 is 0 Å². The van der Waals surface area contributed by atoms with Gasteiger partial charge < -0.3 is 38.6 Å². The summed E-state index contributed by atoms with van der Waals surface area (Å²) >= 11 is 0. The van der Waals surface area contributed by atoms with Gasteiger partial charge in [-0.25, -0.2) is 0 Å². The van der Waals surface area contributed by atoms with E-state index < -0.39 is 36.2 Å². The number of aliphatic hydroxyl groups is 2. The maximum Gasteiger partial charge on any atom is 0.164 e. The Kier molecular flexibility index (Phi) is 4.38. The summed E-state index contributed by atoms with van der Waals surface area (Å²) in [5.74, 6) is -1.48. The molecule has 4 aliphatic heterocycles. The Labute approximate surface area is 146 Å². The van der Waals surface area contributed by atoms with Gasteiger partial charge in [0.2, 0.25) is 0 Å². The zero-order valence-electron chi connectivity index (χ0n) is 14.9. The van der Waals surface area contributed by atoms with E-state index in [0.29, 0.717) is 0 Å². The minimum Gasteiger partial charge on any atom is -0.394 e. The molecule has 0 spiro atoms. The summed E-state index contributed by atoms with van der Waals surface area (Å²) in [7, 11) is 0. The van der Waals surface area contributed by atoms with E-state index in [2.05, 4.69) is 5.32 Å². The fourth-order valence-corrected chi connectivity index (χ4v) is 4.09. The van der Waals surface area contributed by atoms with Gasteiger partial charge in [0.15, 0.2) is 11.6 Å². The Hall–Kier alpha value is -0.360. The van der Waals surface area contributed by atoms with Crippen molar-refractivity contribution in [2.45, 2.75) is 88.3 Å². The predicted octanol–water partition coefficient (Wildman–Crippen LogP) is -0.949. The van der Waals surface area contributed by atoms with Gasteiger partial charge in [0, 0.05) is 0 Å². The van der Waals surface area contributed by atoms with Crippen molar-refractivity contribution in [3.63, 3.8) is 0 Å². The van der Waals surface area contributed by atoms with E-state index in [4.69, 9.17) is 28.4 Å². The van der Waals surface area contributed by atoms with Gasteiger partial charge in [0.05, 0.1) is 13.2 Å². The summed E-state index contributed by atoms with van der Waals surface area (Å²) < 4.78 is 35.3. The van der Waals surface area contributed by atoms with Crippen LogP contribution in [-0.2, 0) is 28.4 Å². The molecule has 0 aromatic rings. The molecular formula is C16H27NO8. The first kappa shape index (κ1) is 18.0. The Balaban J connectivity index is 1.48. The van der Waals surface area contributed by atoms with Crippen LogP contribution in [0.2, 0.25) is 0 Å². The van der Waals surface area contributed by atoms with Gasteiger partial charge in [-0.15, -0.1) is 0 Å². The molecule has 8 atom stereocenters. The van der Waals surface area contributed by atoms with E-state index in [0.717, 1.165) is 0 Å². The molecule has 25 heavy (non-hydrogen) atoms. The normalized spacial score (nSPS) is 50.2. The van der Waals surface area contributed by atoms with E-state index in [9.17, 15) is 10.2 Å². The lowest BCUT2D eigenvalue weighted by Gasteiger charge is -2.28. The number of nitrogens with one attached hydrogen (secondary N) is 1. The third kappa shape index (κ3) is 3.11. The van der Waals surface area contributed by atoms with Gasteiger partial charge in [0.1, 0.15) is 49.1 Å². The molecule has 9 nitrogen and oxygen atoms in total. The Morgan fingerprint density at radius 3 is 1.40 bits per heavy atom. The van der Waals surface area contributed by atoms with Crippen LogP contribution >= 0.6 is 0 Å². The van der Waals surface area contributed by atoms with Crippen LogP contribution in [0, 0.1) is 0 Å². The zero-order valence-corrected chi connectivity index (χ0v) is 14.9. The zero-order chi connectivity index (χ0) is 18.0. The fourth-order valence-electron chi connectivity index (χ4n) is 4.09. The van der Waals surface area contributed by atoms with Crippen LogP contribution in [0.25, 0.3) is 0 Å². The lowest BCUT2D eigenvalue weighted by Crippen LogP contribution is -2.50. The van der Waals surface area contributed by atoms with E-state index >= 15 is 0 Å². The van der Waals surface area contributed by atoms with E-state index in [1.165, 1.54) is 0 Å². The molecular weight excluding hydrogens is 334 g/mol. The first-order chi connectivity index (χ1) is 11.7. The van der Waals surface area contributed by atoms with Crippen molar-refractivity contribution in [1.29, 1.82) is 0 Å². The molecule has 0 aliphatic carbocycles. The lowest BCUT2D eigenvalue weighted by atomic mass is 10.1. The van der Waals surface area contributed by atoms with Crippen LogP contribution in [0.5, 0.6) is 0 Å². The number of rotatable bonds is 4. The Morgan fingerprint density at radius 1 is 0.680 bits per heavy atom. The third-order valence-corrected chi connectivity index (χ3v) is 4.99. The molecule has 9 heteroatoms. The molecule has 0 amide bonds. The Bertz CT molecular complexity index is 470. The van der Waals surface area contributed by atoms with Crippen molar-refractivity contribution in [3.05, 3.63) is 0 Å². The SMILES string of the molecule is CC1(C)O[C@@H]2[C@H](O1)[C@H](N[C@H]1O[C@H](CO)[C@H]3OC(C)(C)O[C@H]31)O[C@H]2CO. The van der Waals surface area contributed by atoms with Gasteiger partial charge in [0.25, 0.3) is 0 Å². The largest absolute Gasteiger partial charge is 0.394 e. The first-order valence-electron chi connectivity index (χ1n) is 8.73. The molecule has 4 rings (SSSR count). The van der Waals surface area contributed by atoms with Crippen LogP contribution in [0.1, 0.15) is 27.7 Å². The molecule has 0 saturated carbocycles. The van der Waals surface area contributed by atoms with Crippen LogP contribution < -0.4 is 5.32 Å². The maximum atomic E-state index is 9.56. The minimum absolute atomic E-state index is 0.164. The molecule has 4 fully saturated rings. The van der Waals surface area contributed by atoms with E-state index in [-0.39, 0.29) is 37.6 Å². The van der Waals surface area contributed by atoms with Gasteiger partial charge in [-0.1, -0.05) is 0 Å². The summed E-state index contributed by atoms with van der Waals surface area (Å²) in [5, 5.41) is 22.4. The van der Waals surface area contributed by atoms with E-state index in [1.54, 1.807) is 0 Å². The van der Waals surface area contributed by atoms with Crippen LogP contribution in [0.4, 0.5) is 0 Å². The monoisotopic (exact) mass is 361 g/mol. The summed E-state index contributed by atoms with van der Waals surface area (Å²) in [5.41, 5.74) is 0. The molecule has 4 heterocycles. The molecule has 3 N–H and O–H groups in total. The molecule has 144 valence electrons. The van der Waals surface area contributed by atoms with Gasteiger partial charge in [-0.05, 0) is 27.7 Å². The highest BCUT2D eigenvalue weighted by atomic mass is 16.8. The molecule has 0 aromatic carbocycles. The number of aliphatic hydroxyl groups excluding tert-OH is 2. The molecule has 0 unspecified atom stereocenters. The predicted molar refractivity (Wildman–Crippen MR) is 82.3 cm³/mol. The summed E-state index contributed by atoms with van der Waals surface area (Å²) in [4.78, 5) is 0. The van der Waals surface area contributed by atoms with Crippen molar-refractivity contribution in [3.8, 4) is 0 Å². The van der Waals surface area contributed by atoms with Crippen molar-refractivity contribution in [2.75, 3.05) is 13.2 Å². The fraction of sp³-hybridized carbons (Fsp3) is 1.00. The molecule has 0 bridgehead atoms. The standard InChI is InChI=1S/C16H27NO8/c1-15(2)22-9-7(5-18)20-13(11(9)24-15)17-14-12-10(8(6-19)21-14)23-16(3,4)25-12/h7-14,17-19H,5-6H2,1-4H3/t7-,8+,9-,10+,11-,12+,13+,14-. The maximum absolute atomic E-state index is 9.56. The second kappa shape index (κ2) is 6.08. The number of fused-ring (bicyclic) bond motifs is 2. The second-order valence-electron chi connectivity index (χ2n) is 7.85. The van der Waals surface area contributed by atoms with Crippen molar-refractivity contribution >= 4 is 0 Å². The van der Waals surface area contributed by atoms with Gasteiger partial charge in [-0.2, -0.15) is 0 Å². The quantitative estimate of drug-likeness (QED) is 0.584. The Morgan fingerprint density at radius 2 is 1.04 bits per heavy atom. The summed E-state index contributed by atoms with van der Waals surface area (Å²) in [6.07, 6.45) is -3.49. The average molecular weight is 361 g/mol. The van der Waals surface area contributed by atoms with Gasteiger partial charge in [-0.3, -0.25) is 5.32 Å². The smallest absolute Gasteiger partial charge is 0.164 e. The highest BCUT2D eigenvalue weighted by Crippen LogP contribution is 2.41. The van der Waals surface area contributed by atoms with Crippen molar-refractivity contribution in [1.82, 2.24) is 5.32 Å². The van der Waals surface area contributed by atoms with Crippen LogP contribution in [0.3, 0.4) is 0 Å². The molecule has 4 saturated heterocycles. The van der Waals surface area contributed by atoms with Crippen LogP contribution in [0.15, 0.2) is 0 Å². The van der Waals surface area contributed by atoms with Crippen molar-refractivity contribution < 1.29 is 38.6 Å². The third-order valence-electron chi connectivity index (χ3n) is 4.99. The van der Waals surface area contributed by atoms with Crippen LogP contribution in [-0.4, -0.2) is 84.1 Å². The topological polar surface area (TPSA) is 108 Å². The summed E-state index contributed by atoms with van der Waals surface area (Å²) in [6.45, 7) is 6.99. The molecule has 0 aromatic heterocycles. The number of hydrogen-bond acceptors (Lipinski definition) is 9.